The van der Waals surface area contributed by atoms with Crippen LogP contribution in [0.15, 0.2) is 0 Å². The van der Waals surface area contributed by atoms with Crippen LogP contribution in [0.1, 0.15) is 67.7 Å². The number of hydrogen-bond acceptors (Lipinski definition) is 4. The molecule has 0 bridgehead atoms. The Balaban J connectivity index is 5.06. The lowest BCUT2D eigenvalue weighted by molar-refractivity contribution is 0.133. The second kappa shape index (κ2) is 9.90. The van der Waals surface area contributed by atoms with Gasteiger partial charge in [-0.3, -0.25) is 10.6 Å². The molecule has 0 aromatic heterocycles. The molecule has 0 rings (SSSR count). The van der Waals surface area contributed by atoms with Crippen LogP contribution in [-0.2, 0) is 0 Å². The largest absolute Gasteiger partial charge is 0.316 e. The minimum Gasteiger partial charge on any atom is -0.316 e. The van der Waals surface area contributed by atoms with E-state index in [9.17, 15) is 0 Å². The highest BCUT2D eigenvalue weighted by Crippen LogP contribution is 2.10. The van der Waals surface area contributed by atoms with E-state index in [1.807, 2.05) is 0 Å². The van der Waals surface area contributed by atoms with Crippen LogP contribution in [0.25, 0.3) is 0 Å². The lowest BCUT2D eigenvalue weighted by Crippen LogP contribution is -2.77. The molecule has 0 aliphatic carbocycles. The topological polar surface area (TPSA) is 48.1 Å². The molecule has 122 valence electrons. The van der Waals surface area contributed by atoms with Crippen LogP contribution in [0.3, 0.4) is 0 Å². The first-order valence-electron chi connectivity index (χ1n) is 8.35. The summed E-state index contributed by atoms with van der Waals surface area (Å²) < 4.78 is 0. The first-order valence-corrected chi connectivity index (χ1v) is 9.35. The fourth-order valence-corrected chi connectivity index (χ4v) is 3.03. The van der Waals surface area contributed by atoms with E-state index in [1.165, 1.54) is 0 Å². The van der Waals surface area contributed by atoms with Crippen LogP contribution < -0.4 is 20.9 Å². The zero-order valence-electron chi connectivity index (χ0n) is 14.9. The molecule has 0 saturated heterocycles. The van der Waals surface area contributed by atoms with Crippen LogP contribution in [-0.4, -0.2) is 40.4 Å². The van der Waals surface area contributed by atoms with Crippen molar-refractivity contribution in [2.75, 3.05) is 0 Å². The van der Waals surface area contributed by atoms with Gasteiger partial charge in [0.1, 0.15) is 5.79 Å². The maximum Gasteiger partial charge on any atom is 0.132 e. The van der Waals surface area contributed by atoms with Crippen LogP contribution in [0, 0.1) is 0 Å². The van der Waals surface area contributed by atoms with Crippen LogP contribution >= 0.6 is 0 Å². The smallest absolute Gasteiger partial charge is 0.132 e. The fraction of sp³-hybridized carbons (Fsp3) is 1.00. The minimum atomic E-state index is -0.222. The summed E-state index contributed by atoms with van der Waals surface area (Å²) in [6.45, 7) is 15.7. The van der Waals surface area contributed by atoms with E-state index in [2.05, 4.69) is 69.4 Å². The van der Waals surface area contributed by atoms with E-state index in [0.29, 0.717) is 24.2 Å². The van der Waals surface area contributed by atoms with E-state index in [1.54, 1.807) is 0 Å². The Hall–Kier alpha value is 0.0569. The third-order valence-corrected chi connectivity index (χ3v) is 5.15. The maximum atomic E-state index is 3.77. The highest BCUT2D eigenvalue weighted by molar-refractivity contribution is 6.04. The van der Waals surface area contributed by atoms with Crippen molar-refractivity contribution in [3.8, 4) is 0 Å². The number of rotatable bonds is 11. The summed E-state index contributed by atoms with van der Waals surface area (Å²) in [5.74, 6) is -0.222. The first kappa shape index (κ1) is 20.1. The average molecular weight is 303 g/mol. The van der Waals surface area contributed by atoms with Crippen molar-refractivity contribution in [1.82, 2.24) is 20.9 Å². The normalized spacial score (nSPS) is 21.1. The summed E-state index contributed by atoms with van der Waals surface area (Å²) in [6, 6.07) is 1.80. The fourth-order valence-electron chi connectivity index (χ4n) is 2.30. The lowest BCUT2D eigenvalue weighted by Gasteiger charge is -2.45. The molecule has 0 aromatic rings. The molecule has 0 radical (unpaired) electrons. The van der Waals surface area contributed by atoms with Gasteiger partial charge in [-0.05, 0) is 47.0 Å². The highest BCUT2D eigenvalue weighted by atomic mass is 28.2. The molecule has 0 aromatic carbocycles. The van der Waals surface area contributed by atoms with E-state index in [-0.39, 0.29) is 5.79 Å². The van der Waals surface area contributed by atoms with Crippen molar-refractivity contribution in [3.63, 3.8) is 0 Å². The summed E-state index contributed by atoms with van der Waals surface area (Å²) in [6.07, 6.45) is 3.40. The van der Waals surface area contributed by atoms with E-state index >= 15 is 0 Å². The van der Waals surface area contributed by atoms with Crippen molar-refractivity contribution >= 4 is 10.4 Å². The quantitative estimate of drug-likeness (QED) is 0.341. The number of hydrogen-bond donors (Lipinski definition) is 4. The van der Waals surface area contributed by atoms with Crippen LogP contribution in [0.4, 0.5) is 0 Å². The van der Waals surface area contributed by atoms with Crippen molar-refractivity contribution in [2.24, 2.45) is 0 Å². The van der Waals surface area contributed by atoms with E-state index in [0.717, 1.165) is 29.7 Å². The van der Waals surface area contributed by atoms with Gasteiger partial charge in [0.25, 0.3) is 0 Å². The number of nitrogens with one attached hydrogen (secondary N) is 4. The molecular weight excluding hydrogens is 264 g/mol. The molecule has 4 nitrogen and oxygen atoms in total. The van der Waals surface area contributed by atoms with E-state index in [4.69, 9.17) is 0 Å². The zero-order valence-corrected chi connectivity index (χ0v) is 16.9. The molecule has 0 aliphatic heterocycles. The maximum absolute atomic E-state index is 3.77. The van der Waals surface area contributed by atoms with Crippen LogP contribution in [0.5, 0.6) is 0 Å². The Kier molecular flexibility index (Phi) is 9.92. The molecule has 0 heterocycles. The molecule has 5 heteroatoms. The summed E-state index contributed by atoms with van der Waals surface area (Å²) in [7, 11) is 0.947. The Labute approximate surface area is 129 Å². The first-order chi connectivity index (χ1) is 9.34. The molecule has 0 spiro atoms. The molecular formula is C15H38N4Si. The van der Waals surface area contributed by atoms with Crippen molar-refractivity contribution in [3.05, 3.63) is 0 Å². The van der Waals surface area contributed by atoms with Gasteiger partial charge in [-0.1, -0.05) is 20.8 Å². The van der Waals surface area contributed by atoms with Crippen molar-refractivity contribution in [1.29, 1.82) is 0 Å². The van der Waals surface area contributed by atoms with Crippen LogP contribution in [0.2, 0.25) is 0 Å². The minimum absolute atomic E-state index is 0.222. The van der Waals surface area contributed by atoms with Gasteiger partial charge in [-0.15, -0.1) is 0 Å². The molecule has 0 amide bonds. The molecule has 0 aliphatic rings. The average Bonchev–Trinajstić information content (AvgIpc) is 2.45. The van der Waals surface area contributed by atoms with Gasteiger partial charge in [0.15, 0.2) is 0 Å². The Morgan fingerprint density at radius 2 is 1.20 bits per heavy atom. The third kappa shape index (κ3) is 6.22. The predicted molar refractivity (Wildman–Crippen MR) is 93.9 cm³/mol. The summed E-state index contributed by atoms with van der Waals surface area (Å²) in [5.41, 5.74) is 0. The second-order valence-corrected chi connectivity index (χ2v) is 6.66. The summed E-state index contributed by atoms with van der Waals surface area (Å²) in [5, 5.41) is 11.3. The Morgan fingerprint density at radius 3 is 1.50 bits per heavy atom. The standard InChI is InChI=1S/C15H38N4Si/c1-8-11(4)16-14(7)15(19-20,17-12(5)9-2)18-13(6)10-3/h11-14,16-19H,8-10H2,1-7,20H3. The molecule has 20 heavy (non-hydrogen) atoms. The Morgan fingerprint density at radius 1 is 0.800 bits per heavy atom. The van der Waals surface area contributed by atoms with Gasteiger partial charge in [-0.2, -0.15) is 0 Å². The van der Waals surface area contributed by atoms with Gasteiger partial charge in [-0.25, -0.2) is 0 Å². The molecule has 4 N–H and O–H groups in total. The molecule has 4 atom stereocenters. The monoisotopic (exact) mass is 302 g/mol. The SMILES string of the molecule is CCC(C)NC(C)C(N[SiH3])(NC(C)CC)NC(C)CC. The van der Waals surface area contributed by atoms with Gasteiger partial charge in [0.05, 0.1) is 10.4 Å². The predicted octanol–water partition coefficient (Wildman–Crippen LogP) is 1.06. The van der Waals surface area contributed by atoms with Crippen molar-refractivity contribution < 1.29 is 0 Å². The summed E-state index contributed by atoms with van der Waals surface area (Å²) in [4.78, 5) is 3.63. The van der Waals surface area contributed by atoms with Crippen molar-refractivity contribution in [2.45, 2.75) is 97.7 Å². The molecule has 4 unspecified atom stereocenters. The van der Waals surface area contributed by atoms with E-state index < -0.39 is 0 Å². The van der Waals surface area contributed by atoms with Gasteiger partial charge >= 0.3 is 0 Å². The second-order valence-electron chi connectivity index (χ2n) is 6.16. The zero-order chi connectivity index (χ0) is 15.8. The molecule has 0 saturated carbocycles. The third-order valence-electron chi connectivity index (χ3n) is 4.36. The lowest BCUT2D eigenvalue weighted by atomic mass is 10.1. The van der Waals surface area contributed by atoms with Gasteiger partial charge in [0, 0.05) is 24.2 Å². The highest BCUT2D eigenvalue weighted by Gasteiger charge is 2.36. The Bertz CT molecular complexity index is 238. The van der Waals surface area contributed by atoms with Gasteiger partial charge in [0.2, 0.25) is 0 Å². The van der Waals surface area contributed by atoms with Gasteiger partial charge < -0.3 is 10.3 Å². The molecule has 0 fully saturated rings. The summed E-state index contributed by atoms with van der Waals surface area (Å²) >= 11 is 0.